The van der Waals surface area contributed by atoms with E-state index in [-0.39, 0.29) is 17.6 Å². The molecule has 1 amide bonds. The number of amides is 1. The van der Waals surface area contributed by atoms with E-state index >= 15 is 0 Å². The van der Waals surface area contributed by atoms with Crippen molar-refractivity contribution in [1.29, 1.82) is 0 Å². The van der Waals surface area contributed by atoms with E-state index in [1.807, 2.05) is 0 Å². The lowest BCUT2D eigenvalue weighted by atomic mass is 10.2. The lowest BCUT2D eigenvalue weighted by Crippen LogP contribution is -2.26. The van der Waals surface area contributed by atoms with E-state index in [0.717, 1.165) is 4.88 Å². The largest absolute Gasteiger partial charge is 0.471 e. The summed E-state index contributed by atoms with van der Waals surface area (Å²) in [7, 11) is 0. The normalized spacial score (nSPS) is 11.9. The van der Waals surface area contributed by atoms with Crippen LogP contribution in [0.1, 0.15) is 24.6 Å². The second-order valence-corrected chi connectivity index (χ2v) is 5.73. The molecule has 2 aromatic rings. The number of nitrogens with zero attached hydrogens (tertiary/aromatic N) is 2. The molecule has 0 unspecified atom stereocenters. The summed E-state index contributed by atoms with van der Waals surface area (Å²) < 4.78 is 41.3. The summed E-state index contributed by atoms with van der Waals surface area (Å²) >= 11 is 1.20. The Labute approximate surface area is 122 Å². The van der Waals surface area contributed by atoms with Gasteiger partial charge in [-0.05, 0) is 12.1 Å². The molecule has 21 heavy (non-hydrogen) atoms. The molecule has 9 heteroatoms. The van der Waals surface area contributed by atoms with Crippen LogP contribution in [0.4, 0.5) is 13.2 Å². The summed E-state index contributed by atoms with van der Waals surface area (Å²) in [5.41, 5.74) is 0. The van der Waals surface area contributed by atoms with Crippen molar-refractivity contribution in [2.45, 2.75) is 26.6 Å². The maximum absolute atomic E-state index is 12.4. The van der Waals surface area contributed by atoms with E-state index in [2.05, 4.69) is 20.0 Å². The number of alkyl halides is 3. The standard InChI is InChI=1S/C12H12F3N3O2S/c1-6(2)10(19)16-5-7-3-4-8(21-7)9-17-11(20-18-9)12(13,14)15/h3-4,6H,5H2,1-2H3,(H,16,19). The Kier molecular flexibility index (Phi) is 4.31. The number of thiophene rings is 1. The van der Waals surface area contributed by atoms with Crippen LogP contribution in [0.3, 0.4) is 0 Å². The van der Waals surface area contributed by atoms with E-state index in [0.29, 0.717) is 11.4 Å². The van der Waals surface area contributed by atoms with Crippen molar-refractivity contribution in [2.75, 3.05) is 0 Å². The fraction of sp³-hybridized carbons (Fsp3) is 0.417. The molecule has 0 radical (unpaired) electrons. The molecule has 0 bridgehead atoms. The molecule has 0 saturated carbocycles. The van der Waals surface area contributed by atoms with Crippen LogP contribution >= 0.6 is 11.3 Å². The van der Waals surface area contributed by atoms with Crippen molar-refractivity contribution < 1.29 is 22.5 Å². The lowest BCUT2D eigenvalue weighted by molar-refractivity contribution is -0.159. The topological polar surface area (TPSA) is 68.0 Å². The first kappa shape index (κ1) is 15.5. The molecule has 2 rings (SSSR count). The minimum Gasteiger partial charge on any atom is -0.351 e. The summed E-state index contributed by atoms with van der Waals surface area (Å²) in [5, 5.41) is 6.03. The zero-order valence-electron chi connectivity index (χ0n) is 11.2. The van der Waals surface area contributed by atoms with Gasteiger partial charge >= 0.3 is 12.1 Å². The van der Waals surface area contributed by atoms with E-state index in [1.54, 1.807) is 26.0 Å². The van der Waals surface area contributed by atoms with Crippen molar-refractivity contribution in [2.24, 2.45) is 5.92 Å². The number of rotatable bonds is 4. The Morgan fingerprint density at radius 3 is 2.71 bits per heavy atom. The van der Waals surface area contributed by atoms with E-state index < -0.39 is 12.1 Å². The predicted octanol–water partition coefficient (Wildman–Crippen LogP) is 3.09. The van der Waals surface area contributed by atoms with Gasteiger partial charge in [-0.15, -0.1) is 11.3 Å². The van der Waals surface area contributed by atoms with Gasteiger partial charge in [-0.3, -0.25) is 4.79 Å². The highest BCUT2D eigenvalue weighted by Crippen LogP contribution is 2.31. The second-order valence-electron chi connectivity index (χ2n) is 4.56. The first-order valence-corrected chi connectivity index (χ1v) is 6.86. The molecule has 0 spiro atoms. The number of nitrogens with one attached hydrogen (secondary N) is 1. The number of aromatic nitrogens is 2. The van der Waals surface area contributed by atoms with E-state index in [4.69, 9.17) is 0 Å². The van der Waals surface area contributed by atoms with Crippen LogP contribution in [-0.2, 0) is 17.5 Å². The Bertz CT molecular complexity index is 634. The predicted molar refractivity (Wildman–Crippen MR) is 69.3 cm³/mol. The lowest BCUT2D eigenvalue weighted by Gasteiger charge is -2.05. The van der Waals surface area contributed by atoms with Crippen LogP contribution in [0, 0.1) is 5.92 Å². The Hall–Kier alpha value is -1.90. The minimum absolute atomic E-state index is 0.0936. The molecule has 0 saturated heterocycles. The van der Waals surface area contributed by atoms with Crippen molar-refractivity contribution in [3.05, 3.63) is 22.9 Å². The van der Waals surface area contributed by atoms with Gasteiger partial charge in [0.05, 0.1) is 11.4 Å². The van der Waals surface area contributed by atoms with Gasteiger partial charge in [0.1, 0.15) is 0 Å². The number of carbonyl (C=O) groups is 1. The molecule has 0 fully saturated rings. The number of hydrogen-bond acceptors (Lipinski definition) is 5. The first-order chi connectivity index (χ1) is 9.77. The molecule has 2 aromatic heterocycles. The van der Waals surface area contributed by atoms with Gasteiger partial charge in [-0.25, -0.2) is 0 Å². The SMILES string of the molecule is CC(C)C(=O)NCc1ccc(-c2noc(C(F)(F)F)n2)s1. The van der Waals surface area contributed by atoms with Crippen LogP contribution in [-0.4, -0.2) is 16.0 Å². The summed E-state index contributed by atoms with van der Waals surface area (Å²) in [5.74, 6) is -1.71. The van der Waals surface area contributed by atoms with Crippen LogP contribution < -0.4 is 5.32 Å². The van der Waals surface area contributed by atoms with Gasteiger partial charge in [0.2, 0.25) is 11.7 Å². The highest BCUT2D eigenvalue weighted by atomic mass is 32.1. The second kappa shape index (κ2) is 5.84. The molecule has 0 aliphatic carbocycles. The van der Waals surface area contributed by atoms with Crippen LogP contribution in [0.15, 0.2) is 16.7 Å². The smallest absolute Gasteiger partial charge is 0.351 e. The fourth-order valence-electron chi connectivity index (χ4n) is 1.41. The van der Waals surface area contributed by atoms with Gasteiger partial charge in [-0.1, -0.05) is 19.0 Å². The van der Waals surface area contributed by atoms with Crippen molar-refractivity contribution in [1.82, 2.24) is 15.5 Å². The molecule has 0 aromatic carbocycles. The number of halogens is 3. The van der Waals surface area contributed by atoms with Gasteiger partial charge < -0.3 is 9.84 Å². The average molecular weight is 319 g/mol. The van der Waals surface area contributed by atoms with E-state index in [9.17, 15) is 18.0 Å². The van der Waals surface area contributed by atoms with Gasteiger partial charge in [0, 0.05) is 10.8 Å². The maximum atomic E-state index is 12.4. The zero-order chi connectivity index (χ0) is 15.6. The molecular weight excluding hydrogens is 307 g/mol. The average Bonchev–Trinajstić information content (AvgIpc) is 3.03. The Morgan fingerprint density at radius 1 is 1.43 bits per heavy atom. The molecule has 0 aliphatic heterocycles. The van der Waals surface area contributed by atoms with Crippen molar-refractivity contribution >= 4 is 17.2 Å². The van der Waals surface area contributed by atoms with Gasteiger partial charge in [0.25, 0.3) is 0 Å². The molecule has 5 nitrogen and oxygen atoms in total. The molecule has 1 N–H and O–H groups in total. The third-order valence-electron chi connectivity index (χ3n) is 2.51. The van der Waals surface area contributed by atoms with Crippen LogP contribution in [0.25, 0.3) is 10.7 Å². The summed E-state index contributed by atoms with van der Waals surface area (Å²) in [6.07, 6.45) is -4.66. The molecule has 2 heterocycles. The first-order valence-electron chi connectivity index (χ1n) is 6.05. The number of carbonyl (C=O) groups excluding carboxylic acids is 1. The summed E-state index contributed by atoms with van der Waals surface area (Å²) in [4.78, 5) is 16.0. The van der Waals surface area contributed by atoms with Crippen LogP contribution in [0.5, 0.6) is 0 Å². The van der Waals surface area contributed by atoms with Crippen LogP contribution in [0.2, 0.25) is 0 Å². The number of hydrogen-bond donors (Lipinski definition) is 1. The molecule has 0 aliphatic rings. The monoisotopic (exact) mass is 319 g/mol. The fourth-order valence-corrected chi connectivity index (χ4v) is 2.28. The summed E-state index contributed by atoms with van der Waals surface area (Å²) in [6.45, 7) is 3.85. The highest BCUT2D eigenvalue weighted by Gasteiger charge is 2.38. The van der Waals surface area contributed by atoms with E-state index in [1.165, 1.54) is 11.3 Å². The summed E-state index contributed by atoms with van der Waals surface area (Å²) in [6, 6.07) is 3.29. The minimum atomic E-state index is -4.66. The van der Waals surface area contributed by atoms with Crippen molar-refractivity contribution in [3.8, 4) is 10.7 Å². The highest BCUT2D eigenvalue weighted by molar-refractivity contribution is 7.15. The molecule has 0 atom stereocenters. The molecule has 114 valence electrons. The zero-order valence-corrected chi connectivity index (χ0v) is 12.0. The Morgan fingerprint density at radius 2 is 2.14 bits per heavy atom. The molecular formula is C12H12F3N3O2S. The van der Waals surface area contributed by atoms with Gasteiger partial charge in [0.15, 0.2) is 0 Å². The van der Waals surface area contributed by atoms with Crippen molar-refractivity contribution in [3.63, 3.8) is 0 Å². The quantitative estimate of drug-likeness (QED) is 0.940. The third-order valence-corrected chi connectivity index (χ3v) is 3.59. The van der Waals surface area contributed by atoms with Gasteiger partial charge in [-0.2, -0.15) is 18.2 Å². The Balaban J connectivity index is 2.06. The maximum Gasteiger partial charge on any atom is 0.471 e. The third kappa shape index (κ3) is 3.81.